The van der Waals surface area contributed by atoms with Crippen molar-refractivity contribution in [3.8, 4) is 5.75 Å². The second-order valence-electron chi connectivity index (χ2n) is 5.11. The van der Waals surface area contributed by atoms with Gasteiger partial charge in [-0.3, -0.25) is 4.79 Å². The molecule has 1 fully saturated rings. The molecule has 0 atom stereocenters. The first-order valence-corrected chi connectivity index (χ1v) is 7.60. The Labute approximate surface area is 122 Å². The van der Waals surface area contributed by atoms with Crippen molar-refractivity contribution in [1.82, 2.24) is 9.80 Å². The molecule has 5 heteroatoms. The third kappa shape index (κ3) is 2.39. The Morgan fingerprint density at radius 2 is 2.00 bits per heavy atom. The van der Waals surface area contributed by atoms with Crippen LogP contribution in [0.15, 0.2) is 23.6 Å². The van der Waals surface area contributed by atoms with Gasteiger partial charge in [0.05, 0.1) is 12.7 Å². The van der Waals surface area contributed by atoms with E-state index in [9.17, 15) is 4.79 Å². The lowest BCUT2D eigenvalue weighted by molar-refractivity contribution is 0.0666. The first kappa shape index (κ1) is 13.4. The molecular weight excluding hydrogens is 272 g/mol. The highest BCUT2D eigenvalue weighted by Crippen LogP contribution is 2.30. The summed E-state index contributed by atoms with van der Waals surface area (Å²) in [6.45, 7) is 3.49. The summed E-state index contributed by atoms with van der Waals surface area (Å²) in [5.74, 6) is 0.931. The van der Waals surface area contributed by atoms with Gasteiger partial charge in [0.25, 0.3) is 5.91 Å². The zero-order valence-corrected chi connectivity index (χ0v) is 12.6. The SMILES string of the molecule is COc1ccc2scc(C(=O)N3CCN(C)CC3)c2c1. The van der Waals surface area contributed by atoms with Gasteiger partial charge < -0.3 is 14.5 Å². The maximum atomic E-state index is 12.7. The van der Waals surface area contributed by atoms with E-state index in [0.29, 0.717) is 0 Å². The first-order chi connectivity index (χ1) is 9.69. The lowest BCUT2D eigenvalue weighted by Gasteiger charge is -2.32. The van der Waals surface area contributed by atoms with Gasteiger partial charge in [0, 0.05) is 41.6 Å². The second kappa shape index (κ2) is 5.42. The highest BCUT2D eigenvalue weighted by Gasteiger charge is 2.22. The molecule has 0 radical (unpaired) electrons. The van der Waals surface area contributed by atoms with Crippen LogP contribution in [0.3, 0.4) is 0 Å². The Morgan fingerprint density at radius 3 is 2.70 bits per heavy atom. The molecule has 4 nitrogen and oxygen atoms in total. The van der Waals surface area contributed by atoms with Gasteiger partial charge in [-0.15, -0.1) is 11.3 Å². The summed E-state index contributed by atoms with van der Waals surface area (Å²) < 4.78 is 6.39. The third-order valence-corrected chi connectivity index (χ3v) is 4.77. The van der Waals surface area contributed by atoms with E-state index in [1.807, 2.05) is 28.5 Å². The molecule has 1 saturated heterocycles. The number of ether oxygens (including phenoxy) is 1. The zero-order chi connectivity index (χ0) is 14.1. The smallest absolute Gasteiger partial charge is 0.255 e. The summed E-state index contributed by atoms with van der Waals surface area (Å²) in [6, 6.07) is 5.90. The van der Waals surface area contributed by atoms with Gasteiger partial charge in [0.15, 0.2) is 0 Å². The number of hydrogen-bond donors (Lipinski definition) is 0. The van der Waals surface area contributed by atoms with Crippen LogP contribution in [0.1, 0.15) is 10.4 Å². The third-order valence-electron chi connectivity index (χ3n) is 3.80. The van der Waals surface area contributed by atoms with Crippen molar-refractivity contribution in [2.75, 3.05) is 40.3 Å². The van der Waals surface area contributed by atoms with E-state index in [2.05, 4.69) is 11.9 Å². The largest absolute Gasteiger partial charge is 0.497 e. The van der Waals surface area contributed by atoms with Gasteiger partial charge >= 0.3 is 0 Å². The van der Waals surface area contributed by atoms with Crippen LogP contribution in [0.4, 0.5) is 0 Å². The first-order valence-electron chi connectivity index (χ1n) is 6.72. The van der Waals surface area contributed by atoms with Crippen molar-refractivity contribution in [3.05, 3.63) is 29.1 Å². The average molecular weight is 290 g/mol. The second-order valence-corrected chi connectivity index (χ2v) is 6.02. The van der Waals surface area contributed by atoms with Gasteiger partial charge in [-0.25, -0.2) is 0 Å². The lowest BCUT2D eigenvalue weighted by atomic mass is 10.1. The summed E-state index contributed by atoms with van der Waals surface area (Å²) in [5, 5.41) is 2.96. The van der Waals surface area contributed by atoms with Gasteiger partial charge in [0.1, 0.15) is 5.75 Å². The minimum Gasteiger partial charge on any atom is -0.497 e. The molecule has 1 aromatic carbocycles. The maximum Gasteiger partial charge on any atom is 0.255 e. The molecule has 2 aromatic rings. The number of carbonyl (C=O) groups excluding carboxylic acids is 1. The normalized spacial score (nSPS) is 16.6. The molecule has 0 unspecified atom stereocenters. The number of carbonyl (C=O) groups is 1. The van der Waals surface area contributed by atoms with E-state index >= 15 is 0 Å². The molecule has 3 rings (SSSR count). The van der Waals surface area contributed by atoms with Crippen LogP contribution in [0.5, 0.6) is 5.75 Å². The molecule has 0 aliphatic carbocycles. The van der Waals surface area contributed by atoms with Gasteiger partial charge in [-0.1, -0.05) is 0 Å². The monoisotopic (exact) mass is 290 g/mol. The van der Waals surface area contributed by atoms with Crippen molar-refractivity contribution in [3.63, 3.8) is 0 Å². The fourth-order valence-corrected chi connectivity index (χ4v) is 3.40. The number of benzene rings is 1. The molecule has 0 saturated carbocycles. The number of rotatable bonds is 2. The van der Waals surface area contributed by atoms with E-state index < -0.39 is 0 Å². The van der Waals surface area contributed by atoms with Gasteiger partial charge in [-0.05, 0) is 25.2 Å². The molecule has 20 heavy (non-hydrogen) atoms. The number of thiophene rings is 1. The van der Waals surface area contributed by atoms with Crippen molar-refractivity contribution in [1.29, 1.82) is 0 Å². The van der Waals surface area contributed by atoms with Crippen molar-refractivity contribution < 1.29 is 9.53 Å². The van der Waals surface area contributed by atoms with Crippen LogP contribution in [-0.2, 0) is 0 Å². The number of fused-ring (bicyclic) bond motifs is 1. The fourth-order valence-electron chi connectivity index (χ4n) is 2.48. The zero-order valence-electron chi connectivity index (χ0n) is 11.8. The molecule has 0 spiro atoms. The van der Waals surface area contributed by atoms with Crippen LogP contribution in [0.2, 0.25) is 0 Å². The van der Waals surface area contributed by atoms with Gasteiger partial charge in [0.2, 0.25) is 0 Å². The minimum absolute atomic E-state index is 0.137. The lowest BCUT2D eigenvalue weighted by Crippen LogP contribution is -2.47. The standard InChI is InChI=1S/C15H18N2O2S/c1-16-5-7-17(8-6-16)15(18)13-10-20-14-4-3-11(19-2)9-12(13)14/h3-4,9-10H,5-8H2,1-2H3. The van der Waals surface area contributed by atoms with Crippen LogP contribution in [-0.4, -0.2) is 56.0 Å². The summed E-state index contributed by atoms with van der Waals surface area (Å²) in [4.78, 5) is 16.8. The Hall–Kier alpha value is -1.59. The predicted molar refractivity (Wildman–Crippen MR) is 81.8 cm³/mol. The van der Waals surface area contributed by atoms with Crippen molar-refractivity contribution in [2.45, 2.75) is 0 Å². The topological polar surface area (TPSA) is 32.8 Å². The Morgan fingerprint density at radius 1 is 1.25 bits per heavy atom. The predicted octanol–water partition coefficient (Wildman–Crippen LogP) is 2.30. The van der Waals surface area contributed by atoms with E-state index in [-0.39, 0.29) is 5.91 Å². The van der Waals surface area contributed by atoms with Gasteiger partial charge in [-0.2, -0.15) is 0 Å². The number of likely N-dealkylation sites (N-methyl/N-ethyl adjacent to an activating group) is 1. The Kier molecular flexibility index (Phi) is 3.63. The molecule has 0 bridgehead atoms. The van der Waals surface area contributed by atoms with Crippen molar-refractivity contribution in [2.24, 2.45) is 0 Å². The van der Waals surface area contributed by atoms with E-state index in [1.165, 1.54) is 0 Å². The van der Waals surface area contributed by atoms with E-state index in [4.69, 9.17) is 4.74 Å². The Balaban J connectivity index is 1.91. The Bertz CT molecular complexity index is 630. The molecule has 0 N–H and O–H groups in total. The number of nitrogens with zero attached hydrogens (tertiary/aromatic N) is 2. The number of hydrogen-bond acceptors (Lipinski definition) is 4. The molecule has 1 aliphatic rings. The minimum atomic E-state index is 0.137. The summed E-state index contributed by atoms with van der Waals surface area (Å²) in [6.07, 6.45) is 0. The summed E-state index contributed by atoms with van der Waals surface area (Å²) in [5.41, 5.74) is 0.799. The van der Waals surface area contributed by atoms with E-state index in [1.54, 1.807) is 18.4 Å². The highest BCUT2D eigenvalue weighted by atomic mass is 32.1. The molecule has 106 valence electrons. The summed E-state index contributed by atoms with van der Waals surface area (Å²) in [7, 11) is 3.74. The maximum absolute atomic E-state index is 12.7. The molecule has 1 aliphatic heterocycles. The molecule has 1 aromatic heterocycles. The molecular formula is C15H18N2O2S. The van der Waals surface area contributed by atoms with Crippen LogP contribution >= 0.6 is 11.3 Å². The molecule has 1 amide bonds. The number of amides is 1. The fraction of sp³-hybridized carbons (Fsp3) is 0.400. The number of methoxy groups -OCH3 is 1. The van der Waals surface area contributed by atoms with Crippen LogP contribution < -0.4 is 4.74 Å². The number of piperazine rings is 1. The highest BCUT2D eigenvalue weighted by molar-refractivity contribution is 7.17. The van der Waals surface area contributed by atoms with E-state index in [0.717, 1.165) is 47.6 Å². The van der Waals surface area contributed by atoms with Crippen LogP contribution in [0, 0.1) is 0 Å². The quantitative estimate of drug-likeness (QED) is 0.851. The van der Waals surface area contributed by atoms with Crippen LogP contribution in [0.25, 0.3) is 10.1 Å². The molecule has 2 heterocycles. The average Bonchev–Trinajstić information content (AvgIpc) is 2.90. The summed E-state index contributed by atoms with van der Waals surface area (Å²) >= 11 is 1.61. The van der Waals surface area contributed by atoms with Crippen molar-refractivity contribution >= 4 is 27.3 Å².